The molecule has 42 heavy (non-hydrogen) atoms. The highest BCUT2D eigenvalue weighted by Gasteiger charge is 2.33. The van der Waals surface area contributed by atoms with E-state index in [1.807, 2.05) is 50.2 Å². The molecule has 0 aromatic heterocycles. The third-order valence-corrected chi connectivity index (χ3v) is 7.76. The van der Waals surface area contributed by atoms with Gasteiger partial charge < -0.3 is 19.7 Å². The normalized spacial score (nSPS) is 12.2. The largest absolute Gasteiger partial charge is 0.497 e. The van der Waals surface area contributed by atoms with Gasteiger partial charge in [-0.05, 0) is 49.1 Å². The summed E-state index contributed by atoms with van der Waals surface area (Å²) in [6.07, 6.45) is 1.78. The Morgan fingerprint density at radius 1 is 0.857 bits per heavy atom. The van der Waals surface area contributed by atoms with E-state index >= 15 is 0 Å². The standard InChI is InChI=1S/C32H41N3O6S/c1-25(2)41-21-11-20-33-32(37)31(28-14-9-6-10-15-28)35(23-27-16-18-29(40-3)19-17-27)30(36)24-34(42(4,38)39)22-26-12-7-5-8-13-26/h5-10,12-19,25,31H,11,20-24H2,1-4H3,(H,33,37)/t31-/m0/s1. The zero-order valence-corrected chi connectivity index (χ0v) is 25.5. The summed E-state index contributed by atoms with van der Waals surface area (Å²) in [6.45, 7) is 4.43. The van der Waals surface area contributed by atoms with Gasteiger partial charge in [0.25, 0.3) is 0 Å². The van der Waals surface area contributed by atoms with Gasteiger partial charge in [-0.2, -0.15) is 4.31 Å². The first-order valence-corrected chi connectivity index (χ1v) is 15.8. The summed E-state index contributed by atoms with van der Waals surface area (Å²) >= 11 is 0. The molecule has 1 atom stereocenters. The van der Waals surface area contributed by atoms with Crippen LogP contribution in [0.3, 0.4) is 0 Å². The van der Waals surface area contributed by atoms with Gasteiger partial charge >= 0.3 is 0 Å². The highest BCUT2D eigenvalue weighted by molar-refractivity contribution is 7.88. The smallest absolute Gasteiger partial charge is 0.247 e. The Morgan fingerprint density at radius 2 is 1.45 bits per heavy atom. The van der Waals surface area contributed by atoms with Crippen molar-refractivity contribution in [1.29, 1.82) is 0 Å². The molecule has 9 nitrogen and oxygen atoms in total. The molecule has 10 heteroatoms. The van der Waals surface area contributed by atoms with Crippen LogP contribution in [0, 0.1) is 0 Å². The fourth-order valence-corrected chi connectivity index (χ4v) is 5.11. The summed E-state index contributed by atoms with van der Waals surface area (Å²) in [5, 5.41) is 2.95. The predicted octanol–water partition coefficient (Wildman–Crippen LogP) is 4.16. The number of hydrogen-bond acceptors (Lipinski definition) is 6. The number of methoxy groups -OCH3 is 1. The van der Waals surface area contributed by atoms with Gasteiger partial charge in [0.05, 0.1) is 26.0 Å². The fourth-order valence-electron chi connectivity index (χ4n) is 4.38. The minimum Gasteiger partial charge on any atom is -0.497 e. The first-order chi connectivity index (χ1) is 20.1. The molecule has 0 fully saturated rings. The third kappa shape index (κ3) is 10.3. The molecule has 3 aromatic rings. The molecule has 2 amide bonds. The predicted molar refractivity (Wildman–Crippen MR) is 163 cm³/mol. The van der Waals surface area contributed by atoms with Crippen molar-refractivity contribution in [3.05, 3.63) is 102 Å². The van der Waals surface area contributed by atoms with E-state index in [1.165, 1.54) is 4.90 Å². The van der Waals surface area contributed by atoms with E-state index in [4.69, 9.17) is 9.47 Å². The molecular weight excluding hydrogens is 554 g/mol. The van der Waals surface area contributed by atoms with Gasteiger partial charge in [0.15, 0.2) is 0 Å². The second-order valence-electron chi connectivity index (χ2n) is 10.3. The zero-order chi connectivity index (χ0) is 30.5. The van der Waals surface area contributed by atoms with Gasteiger partial charge in [-0.3, -0.25) is 9.59 Å². The number of benzene rings is 3. The number of rotatable bonds is 16. The first-order valence-electron chi connectivity index (χ1n) is 13.9. The monoisotopic (exact) mass is 595 g/mol. The SMILES string of the molecule is COc1ccc(CN(C(=O)CN(Cc2ccccc2)S(C)(=O)=O)[C@H](C(=O)NCCCOC(C)C)c2ccccc2)cc1. The van der Waals surface area contributed by atoms with E-state index in [1.54, 1.807) is 55.6 Å². The second kappa shape index (κ2) is 16.1. The quantitative estimate of drug-likeness (QED) is 0.250. The van der Waals surface area contributed by atoms with Crippen LogP contribution in [0.1, 0.15) is 43.0 Å². The maximum atomic E-state index is 14.1. The number of nitrogens with one attached hydrogen (secondary N) is 1. The molecule has 0 spiro atoms. The molecule has 0 saturated carbocycles. The average molecular weight is 596 g/mol. The van der Waals surface area contributed by atoms with Crippen molar-refractivity contribution in [3.8, 4) is 5.75 Å². The molecule has 0 saturated heterocycles. The van der Waals surface area contributed by atoms with E-state index in [0.717, 1.165) is 21.7 Å². The van der Waals surface area contributed by atoms with Crippen LogP contribution >= 0.6 is 0 Å². The highest BCUT2D eigenvalue weighted by Crippen LogP contribution is 2.25. The van der Waals surface area contributed by atoms with Crippen LogP contribution in [0.15, 0.2) is 84.9 Å². The maximum Gasteiger partial charge on any atom is 0.247 e. The van der Waals surface area contributed by atoms with Crippen LogP contribution < -0.4 is 10.1 Å². The molecule has 226 valence electrons. The average Bonchev–Trinajstić information content (AvgIpc) is 2.97. The number of carbonyl (C=O) groups is 2. The van der Waals surface area contributed by atoms with Crippen LogP contribution in [0.25, 0.3) is 0 Å². The lowest BCUT2D eigenvalue weighted by molar-refractivity contribution is -0.141. The van der Waals surface area contributed by atoms with Crippen LogP contribution in [0.4, 0.5) is 0 Å². The Bertz CT molecular complexity index is 1370. The fraction of sp³-hybridized carbons (Fsp3) is 0.375. The number of nitrogens with zero attached hydrogens (tertiary/aromatic N) is 2. The first kappa shape index (κ1) is 32.8. The Morgan fingerprint density at radius 3 is 2.02 bits per heavy atom. The van der Waals surface area contributed by atoms with E-state index in [0.29, 0.717) is 30.9 Å². The maximum absolute atomic E-state index is 14.1. The van der Waals surface area contributed by atoms with E-state index in [2.05, 4.69) is 5.32 Å². The van der Waals surface area contributed by atoms with Gasteiger partial charge in [-0.1, -0.05) is 72.8 Å². The number of sulfonamides is 1. The summed E-state index contributed by atoms with van der Waals surface area (Å²) in [5.41, 5.74) is 2.12. The molecule has 3 rings (SSSR count). The van der Waals surface area contributed by atoms with Crippen LogP contribution in [-0.4, -0.2) is 68.6 Å². The van der Waals surface area contributed by atoms with Gasteiger partial charge in [-0.15, -0.1) is 0 Å². The van der Waals surface area contributed by atoms with Crippen molar-refractivity contribution in [3.63, 3.8) is 0 Å². The van der Waals surface area contributed by atoms with E-state index in [-0.39, 0.29) is 25.1 Å². The summed E-state index contributed by atoms with van der Waals surface area (Å²) in [7, 11) is -2.19. The Hall–Kier alpha value is -3.73. The van der Waals surface area contributed by atoms with Gasteiger partial charge in [0.1, 0.15) is 11.8 Å². The van der Waals surface area contributed by atoms with E-state index < -0.39 is 28.5 Å². The highest BCUT2D eigenvalue weighted by atomic mass is 32.2. The lowest BCUT2D eigenvalue weighted by atomic mass is 10.0. The summed E-state index contributed by atoms with van der Waals surface area (Å²) < 4.78 is 37.6. The molecule has 0 aliphatic carbocycles. The second-order valence-corrected chi connectivity index (χ2v) is 12.2. The number of carbonyl (C=O) groups excluding carboxylic acids is 2. The van der Waals surface area contributed by atoms with Gasteiger partial charge in [-0.25, -0.2) is 8.42 Å². The molecule has 0 aliphatic rings. The lowest BCUT2D eigenvalue weighted by Gasteiger charge is -2.33. The van der Waals surface area contributed by atoms with Crippen molar-refractivity contribution in [2.75, 3.05) is 33.1 Å². The molecule has 0 bridgehead atoms. The molecule has 0 radical (unpaired) electrons. The van der Waals surface area contributed by atoms with Crippen molar-refractivity contribution >= 4 is 21.8 Å². The minimum atomic E-state index is -3.76. The van der Waals surface area contributed by atoms with Crippen LogP contribution in [0.5, 0.6) is 5.75 Å². The van der Waals surface area contributed by atoms with Crippen LogP contribution in [0.2, 0.25) is 0 Å². The van der Waals surface area contributed by atoms with Crippen molar-refractivity contribution in [2.45, 2.75) is 45.5 Å². The van der Waals surface area contributed by atoms with Gasteiger partial charge in [0, 0.05) is 26.2 Å². The zero-order valence-electron chi connectivity index (χ0n) is 24.7. The lowest BCUT2D eigenvalue weighted by Crippen LogP contribution is -2.48. The minimum absolute atomic E-state index is 0.0276. The topological polar surface area (TPSA) is 105 Å². The molecule has 0 unspecified atom stereocenters. The summed E-state index contributed by atoms with van der Waals surface area (Å²) in [6, 6.07) is 24.3. The van der Waals surface area contributed by atoms with Crippen molar-refractivity contribution in [1.82, 2.24) is 14.5 Å². The molecule has 1 N–H and O–H groups in total. The number of amides is 2. The number of ether oxygens (including phenoxy) is 2. The van der Waals surface area contributed by atoms with E-state index in [9.17, 15) is 18.0 Å². The van der Waals surface area contributed by atoms with Crippen molar-refractivity contribution in [2.24, 2.45) is 0 Å². The number of hydrogen-bond donors (Lipinski definition) is 1. The third-order valence-electron chi connectivity index (χ3n) is 6.56. The van der Waals surface area contributed by atoms with Crippen LogP contribution in [-0.2, 0) is 37.4 Å². The summed E-state index contributed by atoms with van der Waals surface area (Å²) in [5.74, 6) is -0.204. The molecule has 0 aliphatic heterocycles. The van der Waals surface area contributed by atoms with Crippen molar-refractivity contribution < 1.29 is 27.5 Å². The Balaban J connectivity index is 1.95. The Kier molecular flexibility index (Phi) is 12.5. The molecular formula is C32H41N3O6S. The summed E-state index contributed by atoms with van der Waals surface area (Å²) in [4.78, 5) is 29.3. The Labute approximate surface area is 249 Å². The van der Waals surface area contributed by atoms with Gasteiger partial charge in [0.2, 0.25) is 21.8 Å². The molecule has 3 aromatic carbocycles. The molecule has 0 heterocycles.